The predicted octanol–water partition coefficient (Wildman–Crippen LogP) is -0.787. The quantitative estimate of drug-likeness (QED) is 0.272. The van der Waals surface area contributed by atoms with Gasteiger partial charge in [0.1, 0.15) is 0 Å². The van der Waals surface area contributed by atoms with Crippen LogP contribution in [0.25, 0.3) is 0 Å². The Morgan fingerprint density at radius 1 is 0.500 bits per heavy atom. The second-order valence-electron chi connectivity index (χ2n) is 4.73. The zero-order chi connectivity index (χ0) is 15.3. The summed E-state index contributed by atoms with van der Waals surface area (Å²) in [6, 6.07) is 0. The van der Waals surface area contributed by atoms with Crippen LogP contribution in [0.2, 0.25) is 0 Å². The van der Waals surface area contributed by atoms with E-state index in [0.717, 1.165) is 0 Å². The zero-order valence-electron chi connectivity index (χ0n) is 14.1. The van der Waals surface area contributed by atoms with Gasteiger partial charge < -0.3 is 34.0 Å². The molecule has 3 rings (SSSR count). The van der Waals surface area contributed by atoms with Gasteiger partial charge in [0.15, 0.2) is 0 Å². The van der Waals surface area contributed by atoms with Crippen molar-refractivity contribution in [1.82, 2.24) is 0 Å². The van der Waals surface area contributed by atoms with Crippen LogP contribution in [0.1, 0.15) is 20.8 Å². The van der Waals surface area contributed by atoms with Crippen molar-refractivity contribution in [2.45, 2.75) is 20.8 Å². The van der Waals surface area contributed by atoms with E-state index in [4.69, 9.17) is 0 Å². The molecule has 0 bridgehead atoms. The molecule has 0 amide bonds. The van der Waals surface area contributed by atoms with Crippen LogP contribution in [-0.4, -0.2) is 24.4 Å². The van der Waals surface area contributed by atoms with E-state index in [1.807, 2.05) is 73.9 Å². The standard InChI is InChI=1S/3C7H7.2BrH.Sb/c3*1-7-5-3-2-4-6-7;;;/h3*3-6H,1H3;2*1H;/p-2. The Morgan fingerprint density at radius 3 is 0.833 bits per heavy atom. The number of hydrogen-bond donors (Lipinski definition) is 0. The Bertz CT molecular complexity index is 536. The maximum atomic E-state index is 2.93. The predicted molar refractivity (Wildman–Crippen MR) is 97.9 cm³/mol. The molecule has 0 saturated heterocycles. The number of allylic oxidation sites excluding steroid dienone is 9. The van der Waals surface area contributed by atoms with Gasteiger partial charge in [0.25, 0.3) is 0 Å². The molecule has 3 aliphatic rings. The first-order chi connectivity index (χ1) is 10.2. The molecule has 0 aromatic heterocycles. The maximum Gasteiger partial charge on any atom is 0.0160 e. The summed E-state index contributed by atoms with van der Waals surface area (Å²) < 4.78 is 0. The van der Waals surface area contributed by atoms with Crippen LogP contribution < -0.4 is 34.0 Å². The first-order valence-electron chi connectivity index (χ1n) is 6.96. The Hall–Kier alpha value is -0.442. The third-order valence-electron chi connectivity index (χ3n) is 2.65. The molecule has 0 aromatic rings. The van der Waals surface area contributed by atoms with Gasteiger partial charge in [0.05, 0.1) is 0 Å². The molecule has 0 aliphatic heterocycles. The van der Waals surface area contributed by atoms with Gasteiger partial charge >= 0.3 is 0 Å². The smallest absolute Gasteiger partial charge is 0.0160 e. The van der Waals surface area contributed by atoms with E-state index >= 15 is 0 Å². The maximum absolute atomic E-state index is 2.93. The van der Waals surface area contributed by atoms with E-state index in [9.17, 15) is 0 Å². The molecule has 24 heavy (non-hydrogen) atoms. The van der Waals surface area contributed by atoms with Crippen LogP contribution in [-0.2, 0) is 0 Å². The van der Waals surface area contributed by atoms with E-state index in [0.29, 0.717) is 0 Å². The fraction of sp³-hybridized carbons (Fsp3) is 0.143. The third-order valence-corrected chi connectivity index (χ3v) is 2.65. The number of rotatable bonds is 0. The largest absolute Gasteiger partial charge is 1.00 e. The molecule has 0 N–H and O–H groups in total. The van der Waals surface area contributed by atoms with Crippen molar-refractivity contribution in [3.05, 3.63) is 108 Å². The first-order valence-corrected chi connectivity index (χ1v) is 6.96. The van der Waals surface area contributed by atoms with Gasteiger partial charge in [-0.05, 0) is 57.2 Å². The van der Waals surface area contributed by atoms with E-state index < -0.39 is 0 Å². The van der Waals surface area contributed by atoms with Gasteiger partial charge in [-0.15, -0.1) is 17.2 Å². The molecule has 126 valence electrons. The average Bonchev–Trinajstić information content (AvgIpc) is 2.51. The van der Waals surface area contributed by atoms with E-state index in [-0.39, 0.29) is 58.4 Å². The van der Waals surface area contributed by atoms with Crippen LogP contribution in [0, 0.1) is 19.3 Å². The molecule has 0 saturated carbocycles. The van der Waals surface area contributed by atoms with Gasteiger partial charge in [-0.2, -0.15) is 0 Å². The second-order valence-corrected chi connectivity index (χ2v) is 4.73. The Morgan fingerprint density at radius 2 is 0.750 bits per heavy atom. The molecule has 0 heterocycles. The summed E-state index contributed by atoms with van der Waals surface area (Å²) in [6.45, 7) is 6.19. The molecular formula is C21H21Br2Sb-2. The van der Waals surface area contributed by atoms with Gasteiger partial charge in [0, 0.05) is 43.7 Å². The molecule has 3 aliphatic carbocycles. The second kappa shape index (κ2) is 18.9. The van der Waals surface area contributed by atoms with Crippen molar-refractivity contribution in [2.24, 2.45) is 0 Å². The van der Waals surface area contributed by atoms with Crippen LogP contribution in [0.4, 0.5) is 0 Å². The summed E-state index contributed by atoms with van der Waals surface area (Å²) in [5.41, 5.74) is 12.7. The van der Waals surface area contributed by atoms with Crippen molar-refractivity contribution in [3.8, 4) is 0 Å². The van der Waals surface area contributed by atoms with Crippen molar-refractivity contribution in [1.29, 1.82) is 0 Å². The minimum absolute atomic E-state index is 0. The number of hydrogen-bond acceptors (Lipinski definition) is 0. The van der Waals surface area contributed by atoms with Gasteiger partial charge in [-0.25, -0.2) is 0 Å². The summed E-state index contributed by atoms with van der Waals surface area (Å²) >= 11 is 0. The summed E-state index contributed by atoms with van der Waals surface area (Å²) in [6.07, 6.45) is 23.6. The Labute approximate surface area is 185 Å². The van der Waals surface area contributed by atoms with E-state index in [2.05, 4.69) is 38.0 Å². The monoisotopic (exact) mass is 552 g/mol. The summed E-state index contributed by atoms with van der Waals surface area (Å²) in [5.74, 6) is 0. The molecule has 0 nitrogen and oxygen atoms in total. The molecule has 0 fully saturated rings. The van der Waals surface area contributed by atoms with Gasteiger partial charge in [-0.1, -0.05) is 34.9 Å². The fourth-order valence-corrected chi connectivity index (χ4v) is 1.41. The Balaban J connectivity index is -0.000000259. The molecule has 6 radical (unpaired) electrons. The molecule has 3 heteroatoms. The SMILES string of the molecule is CC1=CC=C=C[CH]1.CC1=CC=C=C[CH]1.CC1=CC=C=C[CH]1.[Br-].[Br-].[Sb]. The molecule has 0 atom stereocenters. The average molecular weight is 555 g/mol. The molecule has 0 unspecified atom stereocenters. The van der Waals surface area contributed by atoms with E-state index in [1.165, 1.54) is 16.7 Å². The first kappa shape index (κ1) is 28.4. The van der Waals surface area contributed by atoms with Crippen LogP contribution in [0.15, 0.2) is 88.6 Å². The minimum Gasteiger partial charge on any atom is -1.00 e. The van der Waals surface area contributed by atoms with Crippen molar-refractivity contribution in [3.63, 3.8) is 0 Å². The zero-order valence-corrected chi connectivity index (χ0v) is 19.9. The third kappa shape index (κ3) is 16.4. The normalized spacial score (nSPS) is 14.9. The van der Waals surface area contributed by atoms with Crippen LogP contribution in [0.3, 0.4) is 0 Å². The molecular weight excluding hydrogens is 534 g/mol. The van der Waals surface area contributed by atoms with Crippen molar-refractivity contribution >= 4 is 24.4 Å². The molecule has 0 spiro atoms. The Kier molecular flexibility index (Phi) is 22.3. The minimum atomic E-state index is 0. The van der Waals surface area contributed by atoms with Crippen LogP contribution >= 0.6 is 0 Å². The summed E-state index contributed by atoms with van der Waals surface area (Å²) in [4.78, 5) is 0. The van der Waals surface area contributed by atoms with E-state index in [1.54, 1.807) is 0 Å². The fourth-order valence-electron chi connectivity index (χ4n) is 1.41. The number of halogens is 2. The van der Waals surface area contributed by atoms with Gasteiger partial charge in [0.2, 0.25) is 0 Å². The molecule has 0 aromatic carbocycles. The summed E-state index contributed by atoms with van der Waals surface area (Å²) in [7, 11) is 0. The van der Waals surface area contributed by atoms with Crippen molar-refractivity contribution in [2.75, 3.05) is 0 Å². The van der Waals surface area contributed by atoms with Gasteiger partial charge in [-0.3, -0.25) is 0 Å². The topological polar surface area (TPSA) is 0 Å². The van der Waals surface area contributed by atoms with Crippen molar-refractivity contribution < 1.29 is 34.0 Å². The summed E-state index contributed by atoms with van der Waals surface area (Å²) in [5, 5.41) is 0. The van der Waals surface area contributed by atoms with Crippen LogP contribution in [0.5, 0.6) is 0 Å².